The molecule has 22 heavy (non-hydrogen) atoms. The molecule has 0 amide bonds. The Hall–Kier alpha value is -1.51. The molecule has 0 spiro atoms. The summed E-state index contributed by atoms with van der Waals surface area (Å²) >= 11 is 0. The Bertz CT molecular complexity index is 599. The second kappa shape index (κ2) is 6.72. The lowest BCUT2D eigenvalue weighted by molar-refractivity contribution is 0.313. The first kappa shape index (κ1) is 16.9. The maximum atomic E-state index is 12.9. The van der Waals surface area contributed by atoms with Crippen molar-refractivity contribution in [1.82, 2.24) is 4.31 Å². The third-order valence-corrected chi connectivity index (χ3v) is 5.73. The third-order valence-electron chi connectivity index (χ3n) is 3.77. The van der Waals surface area contributed by atoms with E-state index in [1.807, 2.05) is 0 Å². The number of sulfonamides is 1. The van der Waals surface area contributed by atoms with Crippen LogP contribution in [-0.4, -0.2) is 53.2 Å². The first-order valence-corrected chi connectivity index (χ1v) is 8.43. The normalized spacial score (nSPS) is 17.3. The van der Waals surface area contributed by atoms with Crippen molar-refractivity contribution in [1.29, 1.82) is 0 Å². The van der Waals surface area contributed by atoms with Gasteiger partial charge in [-0.2, -0.15) is 4.31 Å². The van der Waals surface area contributed by atoms with E-state index in [9.17, 15) is 8.42 Å². The second-order valence-electron chi connectivity index (χ2n) is 5.10. The molecule has 0 aromatic heterocycles. The topological polar surface area (TPSA) is 91.1 Å². The summed E-state index contributed by atoms with van der Waals surface area (Å²) in [5.74, 6) is 0.866. The lowest BCUT2D eigenvalue weighted by Crippen LogP contribution is -2.42. The summed E-state index contributed by atoms with van der Waals surface area (Å²) in [6.07, 6.45) is 1.28. The molecule has 0 unspecified atom stereocenters. The van der Waals surface area contributed by atoms with Gasteiger partial charge in [-0.05, 0) is 12.8 Å². The van der Waals surface area contributed by atoms with Crippen LogP contribution < -0.4 is 19.9 Å². The summed E-state index contributed by atoms with van der Waals surface area (Å²) in [4.78, 5) is 0.0220. The largest absolute Gasteiger partial charge is 0.496 e. The number of hydrogen-bond acceptors (Lipinski definition) is 6. The van der Waals surface area contributed by atoms with E-state index in [1.165, 1.54) is 37.8 Å². The van der Waals surface area contributed by atoms with Gasteiger partial charge in [0.05, 0.1) is 21.3 Å². The zero-order valence-electron chi connectivity index (χ0n) is 13.0. The van der Waals surface area contributed by atoms with Gasteiger partial charge in [-0.25, -0.2) is 8.42 Å². The first-order valence-electron chi connectivity index (χ1n) is 6.99. The Morgan fingerprint density at radius 2 is 1.55 bits per heavy atom. The predicted octanol–water partition coefficient (Wildman–Crippen LogP) is 0.824. The van der Waals surface area contributed by atoms with Crippen LogP contribution in [0.3, 0.4) is 0 Å². The van der Waals surface area contributed by atoms with Crippen molar-refractivity contribution in [3.63, 3.8) is 0 Å². The Labute approximate surface area is 131 Å². The molecule has 1 aliphatic heterocycles. The fourth-order valence-corrected chi connectivity index (χ4v) is 4.22. The highest BCUT2D eigenvalue weighted by atomic mass is 32.2. The predicted molar refractivity (Wildman–Crippen MR) is 82.1 cm³/mol. The molecule has 2 N–H and O–H groups in total. The number of hydrogen-bond donors (Lipinski definition) is 1. The van der Waals surface area contributed by atoms with Crippen LogP contribution in [0.15, 0.2) is 17.0 Å². The van der Waals surface area contributed by atoms with Crippen molar-refractivity contribution in [3.05, 3.63) is 12.1 Å². The first-order chi connectivity index (χ1) is 10.4. The summed E-state index contributed by atoms with van der Waals surface area (Å²) in [5.41, 5.74) is 5.84. The van der Waals surface area contributed by atoms with Gasteiger partial charge in [-0.1, -0.05) is 0 Å². The molecule has 1 aliphatic rings. The van der Waals surface area contributed by atoms with Crippen molar-refractivity contribution in [2.24, 2.45) is 5.73 Å². The van der Waals surface area contributed by atoms with Gasteiger partial charge in [0.15, 0.2) is 4.90 Å². The average molecular weight is 330 g/mol. The van der Waals surface area contributed by atoms with Gasteiger partial charge in [0.2, 0.25) is 10.0 Å². The smallest absolute Gasteiger partial charge is 0.250 e. The number of ether oxygens (including phenoxy) is 3. The Morgan fingerprint density at radius 3 is 1.95 bits per heavy atom. The minimum Gasteiger partial charge on any atom is -0.496 e. The van der Waals surface area contributed by atoms with Gasteiger partial charge in [0.1, 0.15) is 17.2 Å². The molecule has 1 aromatic rings. The minimum absolute atomic E-state index is 0.0220. The molecular weight excluding hydrogens is 308 g/mol. The van der Waals surface area contributed by atoms with E-state index >= 15 is 0 Å². The van der Waals surface area contributed by atoms with Crippen molar-refractivity contribution in [3.8, 4) is 17.2 Å². The van der Waals surface area contributed by atoms with Crippen LogP contribution >= 0.6 is 0 Å². The van der Waals surface area contributed by atoms with Crippen molar-refractivity contribution < 1.29 is 22.6 Å². The Morgan fingerprint density at radius 1 is 1.05 bits per heavy atom. The second-order valence-corrected chi connectivity index (χ2v) is 6.98. The summed E-state index contributed by atoms with van der Waals surface area (Å²) in [7, 11) is 0.603. The molecule has 0 atom stereocenters. The van der Waals surface area contributed by atoms with Gasteiger partial charge in [-0.15, -0.1) is 0 Å². The number of benzene rings is 1. The highest BCUT2D eigenvalue weighted by Crippen LogP contribution is 2.39. The summed E-state index contributed by atoms with van der Waals surface area (Å²) in [6.45, 7) is 0.781. The van der Waals surface area contributed by atoms with Crippen LogP contribution in [0.25, 0.3) is 0 Å². The molecule has 0 saturated carbocycles. The molecule has 0 bridgehead atoms. The quantitative estimate of drug-likeness (QED) is 0.860. The third kappa shape index (κ3) is 3.13. The van der Waals surface area contributed by atoms with E-state index < -0.39 is 10.0 Å². The summed E-state index contributed by atoms with van der Waals surface area (Å²) in [6, 6.07) is 3.11. The van der Waals surface area contributed by atoms with Gasteiger partial charge in [-0.3, -0.25) is 0 Å². The Balaban J connectivity index is 2.49. The molecule has 1 aromatic carbocycles. The molecule has 2 rings (SSSR count). The fraction of sp³-hybridized carbons (Fsp3) is 0.571. The number of nitrogens with zero attached hydrogens (tertiary/aromatic N) is 1. The molecule has 8 heteroatoms. The van der Waals surface area contributed by atoms with Gasteiger partial charge >= 0.3 is 0 Å². The van der Waals surface area contributed by atoms with Crippen molar-refractivity contribution in [2.45, 2.75) is 23.8 Å². The van der Waals surface area contributed by atoms with Crippen LogP contribution in [0.2, 0.25) is 0 Å². The van der Waals surface area contributed by atoms with Gasteiger partial charge in [0, 0.05) is 31.3 Å². The summed E-state index contributed by atoms with van der Waals surface area (Å²) < 4.78 is 42.9. The molecule has 1 saturated heterocycles. The van der Waals surface area contributed by atoms with E-state index in [0.29, 0.717) is 31.7 Å². The molecule has 0 radical (unpaired) electrons. The maximum absolute atomic E-state index is 12.9. The van der Waals surface area contributed by atoms with Gasteiger partial charge < -0.3 is 19.9 Å². The number of methoxy groups -OCH3 is 3. The average Bonchev–Trinajstić information content (AvgIpc) is 2.53. The van der Waals surface area contributed by atoms with Crippen LogP contribution in [-0.2, 0) is 10.0 Å². The van der Waals surface area contributed by atoms with E-state index in [1.54, 1.807) is 0 Å². The SMILES string of the molecule is COc1cc(OC)c(S(=O)(=O)N2CCC(N)CC2)c(OC)c1. The minimum atomic E-state index is -3.72. The molecule has 0 aliphatic carbocycles. The zero-order chi connectivity index (χ0) is 16.3. The van der Waals surface area contributed by atoms with Crippen molar-refractivity contribution in [2.75, 3.05) is 34.4 Å². The van der Waals surface area contributed by atoms with Crippen LogP contribution in [0, 0.1) is 0 Å². The fourth-order valence-electron chi connectivity index (χ4n) is 2.47. The number of piperidine rings is 1. The standard InChI is InChI=1S/C14H22N2O5S/c1-19-11-8-12(20-2)14(13(9-11)21-3)22(17,18)16-6-4-10(15)5-7-16/h8-10H,4-7,15H2,1-3H3. The van der Waals surface area contributed by atoms with Gasteiger partial charge in [0.25, 0.3) is 0 Å². The molecular formula is C14H22N2O5S. The van der Waals surface area contributed by atoms with Crippen molar-refractivity contribution >= 4 is 10.0 Å². The number of nitrogens with two attached hydrogens (primary N) is 1. The summed E-state index contributed by atoms with van der Waals surface area (Å²) in [5, 5.41) is 0. The van der Waals surface area contributed by atoms with E-state index in [-0.39, 0.29) is 22.4 Å². The molecule has 124 valence electrons. The monoisotopic (exact) mass is 330 g/mol. The van der Waals surface area contributed by atoms with E-state index in [2.05, 4.69) is 0 Å². The van der Waals surface area contributed by atoms with Crippen LogP contribution in [0.1, 0.15) is 12.8 Å². The Kier molecular flexibility index (Phi) is 5.15. The molecule has 1 fully saturated rings. The molecule has 7 nitrogen and oxygen atoms in total. The number of rotatable bonds is 5. The zero-order valence-corrected chi connectivity index (χ0v) is 13.9. The molecule has 1 heterocycles. The highest BCUT2D eigenvalue weighted by molar-refractivity contribution is 7.89. The van der Waals surface area contributed by atoms with E-state index in [4.69, 9.17) is 19.9 Å². The van der Waals surface area contributed by atoms with Crippen LogP contribution in [0.5, 0.6) is 17.2 Å². The van der Waals surface area contributed by atoms with Crippen LogP contribution in [0.4, 0.5) is 0 Å². The highest BCUT2D eigenvalue weighted by Gasteiger charge is 2.34. The van der Waals surface area contributed by atoms with E-state index in [0.717, 1.165) is 0 Å². The lowest BCUT2D eigenvalue weighted by atomic mass is 10.1. The maximum Gasteiger partial charge on any atom is 0.250 e. The lowest BCUT2D eigenvalue weighted by Gasteiger charge is -2.30.